The number of aliphatic carboxylic acids is 1. The van der Waals surface area contributed by atoms with Crippen LogP contribution in [0.25, 0.3) is 0 Å². The Hall–Kier alpha value is -2.05. The Morgan fingerprint density at radius 2 is 1.63 bits per heavy atom. The molecule has 1 atom stereocenters. The molecule has 0 saturated carbocycles. The van der Waals surface area contributed by atoms with Crippen molar-refractivity contribution >= 4 is 21.9 Å². The molecule has 0 aliphatic carbocycles. The van der Waals surface area contributed by atoms with Crippen LogP contribution in [-0.2, 0) is 4.79 Å². The highest BCUT2D eigenvalue weighted by molar-refractivity contribution is 9.10. The summed E-state index contributed by atoms with van der Waals surface area (Å²) in [5.41, 5.74) is 2.09. The maximum atomic E-state index is 11.3. The van der Waals surface area contributed by atoms with E-state index in [-0.39, 0.29) is 12.0 Å². The highest BCUT2D eigenvalue weighted by atomic mass is 79.9. The van der Waals surface area contributed by atoms with Crippen LogP contribution in [-0.4, -0.2) is 43.3 Å². The molecule has 1 N–H and O–H groups in total. The fourth-order valence-electron chi connectivity index (χ4n) is 3.76. The first kappa shape index (κ1) is 19.7. The van der Waals surface area contributed by atoms with E-state index < -0.39 is 5.97 Å². The van der Waals surface area contributed by atoms with Crippen LogP contribution >= 0.6 is 15.9 Å². The maximum Gasteiger partial charge on any atom is 0.306 e. The molecule has 0 radical (unpaired) electrons. The number of nitrogens with zero attached hydrogens (tertiary/aromatic N) is 1. The molecule has 3 rings (SSSR count). The molecule has 1 aliphatic rings. The zero-order valence-electron chi connectivity index (χ0n) is 15.5. The molecular formula is C21H24BrNO4. The van der Waals surface area contributed by atoms with Gasteiger partial charge in [0.05, 0.1) is 31.7 Å². The standard InChI is InChI=1S/C21H24BrNO4/c1-26-17-4-3-5-18(27-2)19(17)20(14-6-8-16(22)9-7-14)23-12-10-15(11-13-23)21(24)25/h3-9,15,20H,10-13H2,1-2H3,(H,24,25). The highest BCUT2D eigenvalue weighted by Gasteiger charge is 2.33. The number of carboxylic acid groups (broad SMARTS) is 1. The summed E-state index contributed by atoms with van der Waals surface area (Å²) in [4.78, 5) is 13.7. The molecule has 0 amide bonds. The van der Waals surface area contributed by atoms with Crippen LogP contribution in [0.2, 0.25) is 0 Å². The van der Waals surface area contributed by atoms with Gasteiger partial charge in [0, 0.05) is 4.47 Å². The lowest BCUT2D eigenvalue weighted by Crippen LogP contribution is -2.39. The molecule has 5 nitrogen and oxygen atoms in total. The van der Waals surface area contributed by atoms with Crippen molar-refractivity contribution in [2.45, 2.75) is 18.9 Å². The minimum atomic E-state index is -0.704. The SMILES string of the molecule is COc1cccc(OC)c1C(c1ccc(Br)cc1)N1CCC(C(=O)O)CC1. The second kappa shape index (κ2) is 8.76. The van der Waals surface area contributed by atoms with Crippen LogP contribution in [0.3, 0.4) is 0 Å². The minimum absolute atomic E-state index is 0.0704. The molecule has 0 bridgehead atoms. The quantitative estimate of drug-likeness (QED) is 0.733. The van der Waals surface area contributed by atoms with Gasteiger partial charge >= 0.3 is 5.97 Å². The van der Waals surface area contributed by atoms with Crippen molar-refractivity contribution in [3.8, 4) is 11.5 Å². The molecule has 1 heterocycles. The zero-order valence-corrected chi connectivity index (χ0v) is 17.1. The monoisotopic (exact) mass is 433 g/mol. The van der Waals surface area contributed by atoms with Crippen LogP contribution in [0, 0.1) is 5.92 Å². The third-order valence-corrected chi connectivity index (χ3v) is 5.70. The van der Waals surface area contributed by atoms with Crippen molar-refractivity contribution in [3.05, 3.63) is 58.1 Å². The van der Waals surface area contributed by atoms with Gasteiger partial charge in [0.1, 0.15) is 11.5 Å². The van der Waals surface area contributed by atoms with Crippen molar-refractivity contribution in [3.63, 3.8) is 0 Å². The Morgan fingerprint density at radius 1 is 1.07 bits per heavy atom. The third kappa shape index (κ3) is 4.28. The number of carbonyl (C=O) groups is 1. The van der Waals surface area contributed by atoms with E-state index >= 15 is 0 Å². The number of carboxylic acids is 1. The van der Waals surface area contributed by atoms with E-state index in [1.54, 1.807) is 14.2 Å². The van der Waals surface area contributed by atoms with Gasteiger partial charge in [-0.3, -0.25) is 9.69 Å². The van der Waals surface area contributed by atoms with E-state index in [1.165, 1.54) is 0 Å². The molecule has 1 aliphatic heterocycles. The van der Waals surface area contributed by atoms with Gasteiger partial charge < -0.3 is 14.6 Å². The number of likely N-dealkylation sites (tertiary alicyclic amines) is 1. The fourth-order valence-corrected chi connectivity index (χ4v) is 4.02. The predicted molar refractivity (Wildman–Crippen MR) is 107 cm³/mol. The Kier molecular flexibility index (Phi) is 6.39. The predicted octanol–water partition coefficient (Wildman–Crippen LogP) is 4.35. The van der Waals surface area contributed by atoms with Crippen molar-refractivity contribution in [1.29, 1.82) is 0 Å². The molecule has 2 aromatic carbocycles. The molecule has 1 saturated heterocycles. The van der Waals surface area contributed by atoms with Crippen LogP contribution in [0.5, 0.6) is 11.5 Å². The van der Waals surface area contributed by atoms with Crippen LogP contribution in [0.15, 0.2) is 46.9 Å². The van der Waals surface area contributed by atoms with Crippen LogP contribution in [0.4, 0.5) is 0 Å². The molecule has 27 heavy (non-hydrogen) atoms. The molecule has 2 aromatic rings. The van der Waals surface area contributed by atoms with Gasteiger partial charge in [-0.05, 0) is 55.8 Å². The Balaban J connectivity index is 2.04. The first-order valence-electron chi connectivity index (χ1n) is 8.98. The lowest BCUT2D eigenvalue weighted by atomic mass is 9.90. The second-order valence-electron chi connectivity index (χ2n) is 6.68. The van der Waals surface area contributed by atoms with E-state index in [9.17, 15) is 9.90 Å². The number of rotatable bonds is 6. The molecule has 0 spiro atoms. The summed E-state index contributed by atoms with van der Waals surface area (Å²) in [6.07, 6.45) is 1.28. The van der Waals surface area contributed by atoms with Gasteiger partial charge in [0.25, 0.3) is 0 Å². The van der Waals surface area contributed by atoms with Gasteiger partial charge in [-0.15, -0.1) is 0 Å². The lowest BCUT2D eigenvalue weighted by Gasteiger charge is -2.38. The van der Waals surface area contributed by atoms with E-state index in [0.29, 0.717) is 25.9 Å². The van der Waals surface area contributed by atoms with Gasteiger partial charge in [-0.25, -0.2) is 0 Å². The number of hydrogen-bond donors (Lipinski definition) is 1. The van der Waals surface area contributed by atoms with Gasteiger partial charge in [-0.2, -0.15) is 0 Å². The molecule has 0 aromatic heterocycles. The van der Waals surface area contributed by atoms with E-state index in [2.05, 4.69) is 33.0 Å². The molecule has 1 unspecified atom stereocenters. The van der Waals surface area contributed by atoms with Crippen molar-refractivity contribution in [2.75, 3.05) is 27.3 Å². The average Bonchev–Trinajstić information content (AvgIpc) is 2.70. The lowest BCUT2D eigenvalue weighted by molar-refractivity contribution is -0.143. The molecule has 6 heteroatoms. The van der Waals surface area contributed by atoms with Gasteiger partial charge in [0.15, 0.2) is 0 Å². The summed E-state index contributed by atoms with van der Waals surface area (Å²) < 4.78 is 12.3. The van der Waals surface area contributed by atoms with E-state index in [4.69, 9.17) is 9.47 Å². The topological polar surface area (TPSA) is 59.0 Å². The number of ether oxygens (including phenoxy) is 2. The van der Waals surface area contributed by atoms with Crippen LogP contribution in [0.1, 0.15) is 30.0 Å². The molecule has 1 fully saturated rings. The Morgan fingerprint density at radius 3 is 2.11 bits per heavy atom. The van der Waals surface area contributed by atoms with Gasteiger partial charge in [0.2, 0.25) is 0 Å². The van der Waals surface area contributed by atoms with Crippen LogP contribution < -0.4 is 9.47 Å². The maximum absolute atomic E-state index is 11.3. The van der Waals surface area contributed by atoms with Crippen molar-refractivity contribution in [2.24, 2.45) is 5.92 Å². The summed E-state index contributed by atoms with van der Waals surface area (Å²) in [7, 11) is 3.32. The number of halogens is 1. The number of hydrogen-bond acceptors (Lipinski definition) is 4. The summed E-state index contributed by atoms with van der Waals surface area (Å²) in [5.74, 6) is 0.557. The number of methoxy groups -OCH3 is 2. The summed E-state index contributed by atoms with van der Waals surface area (Å²) in [5, 5.41) is 9.33. The first-order valence-corrected chi connectivity index (χ1v) is 9.77. The zero-order chi connectivity index (χ0) is 19.4. The van der Waals surface area contributed by atoms with Crippen molar-refractivity contribution < 1.29 is 19.4 Å². The largest absolute Gasteiger partial charge is 0.496 e. The molecular weight excluding hydrogens is 410 g/mol. The Labute approximate surface area is 168 Å². The fraction of sp³-hybridized carbons (Fsp3) is 0.381. The summed E-state index contributed by atoms with van der Waals surface area (Å²) >= 11 is 3.50. The Bertz CT molecular complexity index is 763. The third-order valence-electron chi connectivity index (χ3n) is 5.17. The first-order chi connectivity index (χ1) is 13.0. The normalized spacial score (nSPS) is 16.7. The molecule has 144 valence electrons. The highest BCUT2D eigenvalue weighted by Crippen LogP contribution is 2.42. The van der Waals surface area contributed by atoms with Crippen molar-refractivity contribution in [1.82, 2.24) is 4.90 Å². The smallest absolute Gasteiger partial charge is 0.306 e. The summed E-state index contributed by atoms with van der Waals surface area (Å²) in [6.45, 7) is 1.41. The minimum Gasteiger partial charge on any atom is -0.496 e. The van der Waals surface area contributed by atoms with E-state index in [1.807, 2.05) is 30.3 Å². The second-order valence-corrected chi connectivity index (χ2v) is 7.59. The number of piperidine rings is 1. The van der Waals surface area contributed by atoms with Gasteiger partial charge in [-0.1, -0.05) is 34.1 Å². The average molecular weight is 434 g/mol. The van der Waals surface area contributed by atoms with E-state index in [0.717, 1.165) is 27.1 Å². The number of benzene rings is 2. The summed E-state index contributed by atoms with van der Waals surface area (Å²) in [6, 6.07) is 13.9.